The van der Waals surface area contributed by atoms with Gasteiger partial charge in [-0.05, 0) is 24.6 Å². The van der Waals surface area contributed by atoms with E-state index < -0.39 is 11.6 Å². The molecule has 5 heteroatoms. The van der Waals surface area contributed by atoms with Crippen LogP contribution in [0.25, 0.3) is 11.3 Å². The maximum atomic E-state index is 13.7. The lowest BCUT2D eigenvalue weighted by molar-refractivity contribution is 0.552. The van der Waals surface area contributed by atoms with Crippen LogP contribution in [0.15, 0.2) is 24.4 Å². The number of rotatable bonds is 5. The highest BCUT2D eigenvalue weighted by Gasteiger charge is 2.12. The van der Waals surface area contributed by atoms with Gasteiger partial charge in [-0.2, -0.15) is 5.10 Å². The van der Waals surface area contributed by atoms with Crippen molar-refractivity contribution in [3.05, 3.63) is 41.6 Å². The van der Waals surface area contributed by atoms with Crippen LogP contribution >= 0.6 is 0 Å². The molecular weight excluding hydrogens is 248 g/mol. The Balaban J connectivity index is 2.19. The molecule has 19 heavy (non-hydrogen) atoms. The van der Waals surface area contributed by atoms with Gasteiger partial charge in [0, 0.05) is 23.7 Å². The van der Waals surface area contributed by atoms with E-state index in [1.807, 2.05) is 0 Å². The summed E-state index contributed by atoms with van der Waals surface area (Å²) in [5, 5.41) is 9.97. The Labute approximate surface area is 111 Å². The van der Waals surface area contributed by atoms with Crippen LogP contribution in [0.1, 0.15) is 19.4 Å². The van der Waals surface area contributed by atoms with Crippen molar-refractivity contribution in [2.75, 3.05) is 6.54 Å². The van der Waals surface area contributed by atoms with Crippen LogP contribution < -0.4 is 5.32 Å². The molecule has 0 amide bonds. The van der Waals surface area contributed by atoms with Gasteiger partial charge in [0.25, 0.3) is 0 Å². The largest absolute Gasteiger partial charge is 0.312 e. The highest BCUT2D eigenvalue weighted by Crippen LogP contribution is 2.24. The third kappa shape index (κ3) is 3.38. The van der Waals surface area contributed by atoms with Crippen LogP contribution in [0.3, 0.4) is 0 Å². The fraction of sp³-hybridized carbons (Fsp3) is 0.357. The SMILES string of the molecule is CC(C)CNCc1cn[nH]c1-c1ccc(F)cc1F. The molecule has 102 valence electrons. The van der Waals surface area contributed by atoms with Gasteiger partial charge < -0.3 is 5.32 Å². The summed E-state index contributed by atoms with van der Waals surface area (Å²) in [5.41, 5.74) is 1.79. The standard InChI is InChI=1S/C14H17F2N3/c1-9(2)6-17-7-10-8-18-19-14(10)12-4-3-11(15)5-13(12)16/h3-5,8-9,17H,6-7H2,1-2H3,(H,18,19). The number of halogens is 2. The molecule has 0 aliphatic carbocycles. The van der Waals surface area contributed by atoms with E-state index in [1.54, 1.807) is 6.20 Å². The summed E-state index contributed by atoms with van der Waals surface area (Å²) in [7, 11) is 0. The predicted molar refractivity (Wildman–Crippen MR) is 70.5 cm³/mol. The third-order valence-corrected chi connectivity index (χ3v) is 2.79. The van der Waals surface area contributed by atoms with Crippen molar-refractivity contribution in [3.8, 4) is 11.3 Å². The first-order valence-electron chi connectivity index (χ1n) is 6.26. The number of H-pyrrole nitrogens is 1. The van der Waals surface area contributed by atoms with E-state index in [-0.39, 0.29) is 0 Å². The van der Waals surface area contributed by atoms with Gasteiger partial charge in [-0.15, -0.1) is 0 Å². The molecule has 0 bridgehead atoms. The number of nitrogens with zero attached hydrogens (tertiary/aromatic N) is 1. The molecule has 0 radical (unpaired) electrons. The van der Waals surface area contributed by atoms with E-state index in [2.05, 4.69) is 29.4 Å². The number of hydrogen-bond acceptors (Lipinski definition) is 2. The Morgan fingerprint density at radius 1 is 1.32 bits per heavy atom. The van der Waals surface area contributed by atoms with Gasteiger partial charge in [-0.3, -0.25) is 5.10 Å². The van der Waals surface area contributed by atoms with Crippen LogP contribution in [0, 0.1) is 17.6 Å². The first kappa shape index (κ1) is 13.7. The first-order valence-corrected chi connectivity index (χ1v) is 6.26. The summed E-state index contributed by atoms with van der Waals surface area (Å²) in [4.78, 5) is 0. The van der Waals surface area contributed by atoms with E-state index in [4.69, 9.17) is 0 Å². The molecule has 1 aromatic heterocycles. The van der Waals surface area contributed by atoms with Crippen LogP contribution in [0.2, 0.25) is 0 Å². The zero-order valence-electron chi connectivity index (χ0n) is 11.0. The summed E-state index contributed by atoms with van der Waals surface area (Å²) in [6, 6.07) is 3.54. The summed E-state index contributed by atoms with van der Waals surface area (Å²) < 4.78 is 26.6. The van der Waals surface area contributed by atoms with E-state index in [0.29, 0.717) is 23.7 Å². The quantitative estimate of drug-likeness (QED) is 0.872. The van der Waals surface area contributed by atoms with Crippen molar-refractivity contribution in [1.82, 2.24) is 15.5 Å². The highest BCUT2D eigenvalue weighted by molar-refractivity contribution is 5.63. The average molecular weight is 265 g/mol. The molecule has 1 heterocycles. The van der Waals surface area contributed by atoms with Crippen LogP contribution in [0.4, 0.5) is 8.78 Å². The molecule has 0 atom stereocenters. The van der Waals surface area contributed by atoms with E-state index >= 15 is 0 Å². The van der Waals surface area contributed by atoms with E-state index in [1.165, 1.54) is 12.1 Å². The normalized spacial score (nSPS) is 11.2. The van der Waals surface area contributed by atoms with Crippen molar-refractivity contribution >= 4 is 0 Å². The number of hydrogen-bond donors (Lipinski definition) is 2. The second-order valence-corrected chi connectivity index (χ2v) is 4.92. The maximum absolute atomic E-state index is 13.7. The Morgan fingerprint density at radius 3 is 2.79 bits per heavy atom. The fourth-order valence-corrected chi connectivity index (χ4v) is 1.87. The number of aromatic nitrogens is 2. The van der Waals surface area contributed by atoms with Gasteiger partial charge in [-0.25, -0.2) is 8.78 Å². The number of benzene rings is 1. The minimum absolute atomic E-state index is 0.334. The molecule has 3 nitrogen and oxygen atoms in total. The monoisotopic (exact) mass is 265 g/mol. The Bertz CT molecular complexity index is 549. The molecule has 0 saturated carbocycles. The second-order valence-electron chi connectivity index (χ2n) is 4.92. The van der Waals surface area contributed by atoms with Crippen molar-refractivity contribution in [1.29, 1.82) is 0 Å². The molecule has 0 aliphatic rings. The summed E-state index contributed by atoms with van der Waals surface area (Å²) in [6.07, 6.45) is 1.66. The lowest BCUT2D eigenvalue weighted by Crippen LogP contribution is -2.19. The van der Waals surface area contributed by atoms with Gasteiger partial charge in [0.15, 0.2) is 0 Å². The minimum Gasteiger partial charge on any atom is -0.312 e. The van der Waals surface area contributed by atoms with E-state index in [0.717, 1.165) is 18.2 Å². The maximum Gasteiger partial charge on any atom is 0.135 e. The highest BCUT2D eigenvalue weighted by atomic mass is 19.1. The molecule has 0 unspecified atom stereocenters. The van der Waals surface area contributed by atoms with Crippen LogP contribution in [0.5, 0.6) is 0 Å². The van der Waals surface area contributed by atoms with Gasteiger partial charge in [0.05, 0.1) is 11.9 Å². The predicted octanol–water partition coefficient (Wildman–Crippen LogP) is 3.10. The lowest BCUT2D eigenvalue weighted by Gasteiger charge is -2.08. The summed E-state index contributed by atoms with van der Waals surface area (Å²) in [6.45, 7) is 5.70. The second kappa shape index (κ2) is 5.93. The average Bonchev–Trinajstić information content (AvgIpc) is 2.77. The van der Waals surface area contributed by atoms with Crippen molar-refractivity contribution in [3.63, 3.8) is 0 Å². The van der Waals surface area contributed by atoms with Crippen LogP contribution in [-0.2, 0) is 6.54 Å². The van der Waals surface area contributed by atoms with Gasteiger partial charge in [0.1, 0.15) is 11.6 Å². The van der Waals surface area contributed by atoms with Gasteiger partial charge in [0.2, 0.25) is 0 Å². The molecule has 0 fully saturated rings. The Hall–Kier alpha value is -1.75. The fourth-order valence-electron chi connectivity index (χ4n) is 1.87. The van der Waals surface area contributed by atoms with Gasteiger partial charge >= 0.3 is 0 Å². The third-order valence-electron chi connectivity index (χ3n) is 2.79. The topological polar surface area (TPSA) is 40.7 Å². The molecule has 2 N–H and O–H groups in total. The lowest BCUT2D eigenvalue weighted by atomic mass is 10.1. The Kier molecular flexibility index (Phi) is 4.27. The van der Waals surface area contributed by atoms with Crippen molar-refractivity contribution in [2.24, 2.45) is 5.92 Å². The minimum atomic E-state index is -0.589. The number of aromatic amines is 1. The van der Waals surface area contributed by atoms with Crippen molar-refractivity contribution in [2.45, 2.75) is 20.4 Å². The zero-order valence-corrected chi connectivity index (χ0v) is 11.0. The summed E-state index contributed by atoms with van der Waals surface area (Å²) >= 11 is 0. The molecule has 0 aliphatic heterocycles. The molecule has 2 rings (SSSR count). The smallest absolute Gasteiger partial charge is 0.135 e. The zero-order chi connectivity index (χ0) is 13.8. The number of nitrogens with one attached hydrogen (secondary N) is 2. The van der Waals surface area contributed by atoms with Crippen molar-refractivity contribution < 1.29 is 8.78 Å². The first-order chi connectivity index (χ1) is 9.08. The summed E-state index contributed by atoms with van der Waals surface area (Å²) in [5.74, 6) is -0.632. The molecule has 2 aromatic rings. The molecule has 1 aromatic carbocycles. The van der Waals surface area contributed by atoms with E-state index in [9.17, 15) is 8.78 Å². The van der Waals surface area contributed by atoms with Crippen LogP contribution in [-0.4, -0.2) is 16.7 Å². The van der Waals surface area contributed by atoms with Gasteiger partial charge in [-0.1, -0.05) is 13.8 Å². The molecule has 0 spiro atoms. The molecular formula is C14H17F2N3. The molecule has 0 saturated heterocycles. The Morgan fingerprint density at radius 2 is 2.11 bits per heavy atom.